The van der Waals surface area contributed by atoms with E-state index in [0.29, 0.717) is 6.61 Å². The SMILES string of the molecule is CCC(N)Cc1cccc(Br)c1OC/C=C/Cl. The molecule has 0 aliphatic rings. The molecule has 1 atom stereocenters. The fourth-order valence-electron chi connectivity index (χ4n) is 1.47. The molecule has 94 valence electrons. The largest absolute Gasteiger partial charge is 0.488 e. The molecule has 0 aliphatic carbocycles. The molecule has 4 heteroatoms. The summed E-state index contributed by atoms with van der Waals surface area (Å²) < 4.78 is 6.63. The van der Waals surface area contributed by atoms with Crippen LogP contribution in [0, 0.1) is 0 Å². The maximum atomic E-state index is 5.97. The lowest BCUT2D eigenvalue weighted by Crippen LogP contribution is -2.21. The van der Waals surface area contributed by atoms with Crippen molar-refractivity contribution in [1.82, 2.24) is 0 Å². The molecule has 0 heterocycles. The maximum Gasteiger partial charge on any atom is 0.137 e. The van der Waals surface area contributed by atoms with E-state index >= 15 is 0 Å². The van der Waals surface area contributed by atoms with Gasteiger partial charge in [0, 0.05) is 11.6 Å². The lowest BCUT2D eigenvalue weighted by Gasteiger charge is -2.15. The van der Waals surface area contributed by atoms with E-state index in [1.54, 1.807) is 6.08 Å². The van der Waals surface area contributed by atoms with Crippen LogP contribution in [0.3, 0.4) is 0 Å². The summed E-state index contributed by atoms with van der Waals surface area (Å²) in [6.45, 7) is 2.54. The second kappa shape index (κ2) is 7.75. The van der Waals surface area contributed by atoms with Gasteiger partial charge in [-0.2, -0.15) is 0 Å². The summed E-state index contributed by atoms with van der Waals surface area (Å²) in [5.74, 6) is 0.853. The number of benzene rings is 1. The van der Waals surface area contributed by atoms with Crippen LogP contribution < -0.4 is 10.5 Å². The van der Waals surface area contributed by atoms with E-state index in [4.69, 9.17) is 22.1 Å². The highest BCUT2D eigenvalue weighted by atomic mass is 79.9. The molecule has 0 fully saturated rings. The number of rotatable bonds is 6. The van der Waals surface area contributed by atoms with Crippen molar-refractivity contribution in [1.29, 1.82) is 0 Å². The molecule has 0 aliphatic heterocycles. The quantitative estimate of drug-likeness (QED) is 0.864. The first-order valence-electron chi connectivity index (χ1n) is 5.60. The van der Waals surface area contributed by atoms with E-state index < -0.39 is 0 Å². The number of nitrogens with two attached hydrogens (primary N) is 1. The second-order valence-corrected chi connectivity index (χ2v) is 4.88. The predicted molar refractivity (Wildman–Crippen MR) is 76.6 cm³/mol. The van der Waals surface area contributed by atoms with Gasteiger partial charge in [-0.1, -0.05) is 30.7 Å². The van der Waals surface area contributed by atoms with Crippen LogP contribution in [0.5, 0.6) is 5.75 Å². The zero-order chi connectivity index (χ0) is 12.7. The standard InChI is InChI=1S/C13H17BrClNO/c1-2-11(16)9-10-5-3-6-12(14)13(10)17-8-4-7-15/h3-7,11H,2,8-9,16H2,1H3/b7-4+. The van der Waals surface area contributed by atoms with Crippen molar-refractivity contribution in [2.75, 3.05) is 6.61 Å². The average molecular weight is 319 g/mol. The first-order chi connectivity index (χ1) is 8.19. The topological polar surface area (TPSA) is 35.2 Å². The molecule has 0 bridgehead atoms. The molecule has 0 radical (unpaired) electrons. The zero-order valence-corrected chi connectivity index (χ0v) is 12.2. The minimum absolute atomic E-state index is 0.162. The van der Waals surface area contributed by atoms with Gasteiger partial charge in [-0.05, 0) is 46.5 Å². The van der Waals surface area contributed by atoms with Crippen LogP contribution >= 0.6 is 27.5 Å². The molecule has 0 saturated carbocycles. The molecule has 1 aromatic carbocycles. The molecule has 2 nitrogen and oxygen atoms in total. The molecule has 17 heavy (non-hydrogen) atoms. The van der Waals surface area contributed by atoms with Crippen molar-refractivity contribution in [3.63, 3.8) is 0 Å². The van der Waals surface area contributed by atoms with E-state index in [2.05, 4.69) is 22.9 Å². The van der Waals surface area contributed by atoms with Gasteiger partial charge in [0.1, 0.15) is 12.4 Å². The van der Waals surface area contributed by atoms with Gasteiger partial charge in [0.05, 0.1) is 4.47 Å². The third kappa shape index (κ3) is 4.70. The number of ether oxygens (including phenoxy) is 1. The molecule has 0 spiro atoms. The van der Waals surface area contributed by atoms with Crippen LogP contribution in [0.2, 0.25) is 0 Å². The fourth-order valence-corrected chi connectivity index (χ4v) is 2.06. The molecule has 1 unspecified atom stereocenters. The monoisotopic (exact) mass is 317 g/mol. The number of halogens is 2. The van der Waals surface area contributed by atoms with E-state index in [0.717, 1.165) is 28.6 Å². The molecule has 0 saturated heterocycles. The summed E-state index contributed by atoms with van der Waals surface area (Å²) in [6, 6.07) is 6.16. The maximum absolute atomic E-state index is 5.97. The Morgan fingerprint density at radius 1 is 1.53 bits per heavy atom. The van der Waals surface area contributed by atoms with Gasteiger partial charge < -0.3 is 10.5 Å². The van der Waals surface area contributed by atoms with Crippen molar-refractivity contribution in [3.05, 3.63) is 39.8 Å². The Bertz CT molecular complexity index is 382. The molecule has 2 N–H and O–H groups in total. The molecular weight excluding hydrogens is 302 g/mol. The highest BCUT2D eigenvalue weighted by Gasteiger charge is 2.10. The van der Waals surface area contributed by atoms with E-state index in [1.807, 2.05) is 18.2 Å². The van der Waals surface area contributed by atoms with Crippen LogP contribution in [0.15, 0.2) is 34.3 Å². The first-order valence-corrected chi connectivity index (χ1v) is 6.83. The molecule has 0 aromatic heterocycles. The lowest BCUT2D eigenvalue weighted by atomic mass is 10.0. The Labute approximate surface area is 116 Å². The molecule has 1 aromatic rings. The summed E-state index contributed by atoms with van der Waals surface area (Å²) >= 11 is 8.95. The zero-order valence-electron chi connectivity index (χ0n) is 9.83. The lowest BCUT2D eigenvalue weighted by molar-refractivity contribution is 0.355. The minimum Gasteiger partial charge on any atom is -0.488 e. The Balaban J connectivity index is 2.83. The van der Waals surface area contributed by atoms with Crippen molar-refractivity contribution in [2.24, 2.45) is 5.73 Å². The third-order valence-corrected chi connectivity index (χ3v) is 3.27. The van der Waals surface area contributed by atoms with Gasteiger partial charge in [0.15, 0.2) is 0 Å². The summed E-state index contributed by atoms with van der Waals surface area (Å²) in [6.07, 6.45) is 3.52. The van der Waals surface area contributed by atoms with Gasteiger partial charge in [0.2, 0.25) is 0 Å². The number of hydrogen-bond donors (Lipinski definition) is 1. The molecular formula is C13H17BrClNO. The summed E-state index contributed by atoms with van der Waals surface area (Å²) in [4.78, 5) is 0. The van der Waals surface area contributed by atoms with Gasteiger partial charge >= 0.3 is 0 Å². The van der Waals surface area contributed by atoms with Gasteiger partial charge in [-0.3, -0.25) is 0 Å². The fraction of sp³-hybridized carbons (Fsp3) is 0.385. The number of hydrogen-bond acceptors (Lipinski definition) is 2. The van der Waals surface area contributed by atoms with Crippen molar-refractivity contribution in [2.45, 2.75) is 25.8 Å². The smallest absolute Gasteiger partial charge is 0.137 e. The van der Waals surface area contributed by atoms with Crippen molar-refractivity contribution >= 4 is 27.5 Å². The Morgan fingerprint density at radius 3 is 2.94 bits per heavy atom. The number of para-hydroxylation sites is 1. The molecule has 1 rings (SSSR count). The Morgan fingerprint density at radius 2 is 2.29 bits per heavy atom. The predicted octanol–water partition coefficient (Wildman–Crippen LogP) is 3.86. The second-order valence-electron chi connectivity index (χ2n) is 3.77. The van der Waals surface area contributed by atoms with E-state index in [9.17, 15) is 0 Å². The van der Waals surface area contributed by atoms with Gasteiger partial charge in [0.25, 0.3) is 0 Å². The average Bonchev–Trinajstić information content (AvgIpc) is 2.32. The highest BCUT2D eigenvalue weighted by molar-refractivity contribution is 9.10. The summed E-state index contributed by atoms with van der Waals surface area (Å²) in [5, 5.41) is 0. The van der Waals surface area contributed by atoms with Crippen LogP contribution in [-0.2, 0) is 6.42 Å². The van der Waals surface area contributed by atoms with Crippen LogP contribution in [0.4, 0.5) is 0 Å². The minimum atomic E-state index is 0.162. The van der Waals surface area contributed by atoms with E-state index in [1.165, 1.54) is 5.54 Å². The summed E-state index contributed by atoms with van der Waals surface area (Å²) in [5.41, 5.74) is 8.55. The van der Waals surface area contributed by atoms with Crippen molar-refractivity contribution in [3.8, 4) is 5.75 Å². The highest BCUT2D eigenvalue weighted by Crippen LogP contribution is 2.30. The van der Waals surface area contributed by atoms with Crippen molar-refractivity contribution < 1.29 is 4.74 Å². The van der Waals surface area contributed by atoms with Gasteiger partial charge in [-0.25, -0.2) is 0 Å². The Hall–Kier alpha value is -0.510. The van der Waals surface area contributed by atoms with Crippen LogP contribution in [-0.4, -0.2) is 12.6 Å². The van der Waals surface area contributed by atoms with E-state index in [-0.39, 0.29) is 6.04 Å². The third-order valence-electron chi connectivity index (χ3n) is 2.47. The van der Waals surface area contributed by atoms with Crippen LogP contribution in [0.25, 0.3) is 0 Å². The molecule has 0 amide bonds. The van der Waals surface area contributed by atoms with Crippen LogP contribution in [0.1, 0.15) is 18.9 Å². The van der Waals surface area contributed by atoms with Gasteiger partial charge in [-0.15, -0.1) is 0 Å². The summed E-state index contributed by atoms with van der Waals surface area (Å²) in [7, 11) is 0. The normalized spacial score (nSPS) is 12.9. The first kappa shape index (κ1) is 14.6. The Kier molecular flexibility index (Phi) is 6.63.